The number of aliphatic hydroxyl groups is 3. The molecule has 2 saturated heterocycles. The molecule has 2 bridgehead atoms. The molecule has 0 spiro atoms. The van der Waals surface area contributed by atoms with E-state index in [1.165, 1.54) is 0 Å². The fourth-order valence-electron chi connectivity index (χ4n) is 1.38. The van der Waals surface area contributed by atoms with E-state index < -0.39 is 30.7 Å². The third-order valence-corrected chi connectivity index (χ3v) is 2.09. The summed E-state index contributed by atoms with van der Waals surface area (Å²) in [6, 6.07) is 0. The zero-order valence-corrected chi connectivity index (χ0v) is 5.75. The molecule has 5 nitrogen and oxygen atoms in total. The Hall–Kier alpha value is -0.200. The highest BCUT2D eigenvalue weighted by molar-refractivity contribution is 4.92. The average molecular weight is 162 g/mol. The van der Waals surface area contributed by atoms with E-state index in [2.05, 4.69) is 0 Å². The Kier molecular flexibility index (Phi) is 1.62. The lowest BCUT2D eigenvalue weighted by atomic mass is 10.0. The van der Waals surface area contributed by atoms with Crippen LogP contribution < -0.4 is 0 Å². The fraction of sp³-hybridized carbons (Fsp3) is 1.00. The van der Waals surface area contributed by atoms with E-state index in [1.807, 2.05) is 0 Å². The van der Waals surface area contributed by atoms with E-state index in [-0.39, 0.29) is 6.61 Å². The molecule has 0 amide bonds. The van der Waals surface area contributed by atoms with Crippen LogP contribution >= 0.6 is 0 Å². The van der Waals surface area contributed by atoms with Crippen LogP contribution in [0.3, 0.4) is 0 Å². The minimum atomic E-state index is -1.15. The number of ether oxygens (including phenoxy) is 2. The summed E-state index contributed by atoms with van der Waals surface area (Å²) in [5.41, 5.74) is 0. The van der Waals surface area contributed by atoms with Crippen LogP contribution in [0.2, 0.25) is 0 Å². The van der Waals surface area contributed by atoms with E-state index in [0.29, 0.717) is 0 Å². The summed E-state index contributed by atoms with van der Waals surface area (Å²) < 4.78 is 9.95. The number of hydrogen-bond acceptors (Lipinski definition) is 5. The van der Waals surface area contributed by atoms with Gasteiger partial charge in [-0.2, -0.15) is 0 Å². The summed E-state index contributed by atoms with van der Waals surface area (Å²) in [6.45, 7) is 0.236. The van der Waals surface area contributed by atoms with E-state index in [4.69, 9.17) is 14.6 Å². The molecule has 64 valence electrons. The van der Waals surface area contributed by atoms with E-state index in [9.17, 15) is 10.2 Å². The molecule has 11 heavy (non-hydrogen) atoms. The first-order valence-corrected chi connectivity index (χ1v) is 3.51. The van der Waals surface area contributed by atoms with Gasteiger partial charge in [-0.05, 0) is 0 Å². The quantitative estimate of drug-likeness (QED) is 0.377. The largest absolute Gasteiger partial charge is 0.387 e. The Balaban J connectivity index is 2.16. The molecular formula is C6H10O5. The summed E-state index contributed by atoms with van der Waals surface area (Å²) in [7, 11) is 0. The van der Waals surface area contributed by atoms with Crippen molar-refractivity contribution in [2.24, 2.45) is 0 Å². The van der Waals surface area contributed by atoms with Crippen molar-refractivity contribution in [2.45, 2.75) is 30.7 Å². The molecule has 0 aromatic carbocycles. The molecule has 2 aliphatic rings. The second-order valence-corrected chi connectivity index (χ2v) is 2.85. The third kappa shape index (κ3) is 0.969. The molecule has 2 fully saturated rings. The van der Waals surface area contributed by atoms with Crippen molar-refractivity contribution in [3.05, 3.63) is 0 Å². The van der Waals surface area contributed by atoms with Crippen molar-refractivity contribution in [3.63, 3.8) is 0 Å². The molecule has 5 unspecified atom stereocenters. The van der Waals surface area contributed by atoms with Crippen LogP contribution in [0.15, 0.2) is 0 Å². The zero-order valence-electron chi connectivity index (χ0n) is 5.75. The van der Waals surface area contributed by atoms with Crippen LogP contribution in [-0.4, -0.2) is 52.6 Å². The number of rotatable bonds is 0. The lowest BCUT2D eigenvalue weighted by Gasteiger charge is -2.32. The molecule has 0 aliphatic carbocycles. The van der Waals surface area contributed by atoms with Gasteiger partial charge in [-0.3, -0.25) is 0 Å². The zero-order chi connectivity index (χ0) is 8.01. The number of aliphatic hydroxyl groups excluding tert-OH is 3. The van der Waals surface area contributed by atoms with Gasteiger partial charge in [0.25, 0.3) is 0 Å². The molecule has 2 rings (SSSR count). The molecule has 0 aromatic rings. The second kappa shape index (κ2) is 2.40. The summed E-state index contributed by atoms with van der Waals surface area (Å²) in [6.07, 6.45) is -4.58. The maximum Gasteiger partial charge on any atom is 0.186 e. The molecule has 3 N–H and O–H groups in total. The Bertz CT molecular complexity index is 141. The van der Waals surface area contributed by atoms with Crippen molar-refractivity contribution in [3.8, 4) is 0 Å². The summed E-state index contributed by atoms with van der Waals surface area (Å²) >= 11 is 0. The first-order chi connectivity index (χ1) is 5.20. The third-order valence-electron chi connectivity index (χ3n) is 2.09. The van der Waals surface area contributed by atoms with Crippen molar-refractivity contribution >= 4 is 0 Å². The standard InChI is InChI=1S/C6H10O5/c7-3-2-1-10-6(11-2)5(9)4(3)8/h2-9H,1H2. The van der Waals surface area contributed by atoms with Crippen LogP contribution in [0.1, 0.15) is 0 Å². The van der Waals surface area contributed by atoms with Gasteiger partial charge in [0.05, 0.1) is 6.61 Å². The SMILES string of the molecule is OC1C2COC(O2)C(O)C1O. The summed E-state index contributed by atoms with van der Waals surface area (Å²) in [5, 5.41) is 27.6. The Morgan fingerprint density at radius 2 is 1.73 bits per heavy atom. The molecule has 2 heterocycles. The Labute approximate surface area is 63.2 Å². The first-order valence-electron chi connectivity index (χ1n) is 3.51. The maximum atomic E-state index is 9.22. The van der Waals surface area contributed by atoms with Gasteiger partial charge in [0.15, 0.2) is 6.29 Å². The van der Waals surface area contributed by atoms with Gasteiger partial charge >= 0.3 is 0 Å². The lowest BCUT2D eigenvalue weighted by Crippen LogP contribution is -2.53. The molecular weight excluding hydrogens is 152 g/mol. The highest BCUT2D eigenvalue weighted by Gasteiger charge is 2.48. The van der Waals surface area contributed by atoms with E-state index in [1.54, 1.807) is 0 Å². The van der Waals surface area contributed by atoms with Gasteiger partial charge in [0, 0.05) is 0 Å². The Morgan fingerprint density at radius 3 is 2.45 bits per heavy atom. The Morgan fingerprint density at radius 1 is 1.00 bits per heavy atom. The van der Waals surface area contributed by atoms with Crippen LogP contribution in [-0.2, 0) is 9.47 Å². The normalized spacial score (nSPS) is 56.5. The predicted molar refractivity (Wildman–Crippen MR) is 32.6 cm³/mol. The van der Waals surface area contributed by atoms with Crippen LogP contribution in [0.4, 0.5) is 0 Å². The maximum absolute atomic E-state index is 9.22. The fourth-order valence-corrected chi connectivity index (χ4v) is 1.38. The van der Waals surface area contributed by atoms with Gasteiger partial charge < -0.3 is 24.8 Å². The highest BCUT2D eigenvalue weighted by atomic mass is 16.7. The molecule has 0 radical (unpaired) electrons. The minimum Gasteiger partial charge on any atom is -0.387 e. The minimum absolute atomic E-state index is 0.236. The highest BCUT2D eigenvalue weighted by Crippen LogP contribution is 2.27. The first kappa shape index (κ1) is 7.45. The molecule has 2 aliphatic heterocycles. The topological polar surface area (TPSA) is 79.2 Å². The smallest absolute Gasteiger partial charge is 0.186 e. The van der Waals surface area contributed by atoms with Gasteiger partial charge in [-0.25, -0.2) is 0 Å². The number of hydrogen-bond donors (Lipinski definition) is 3. The second-order valence-electron chi connectivity index (χ2n) is 2.85. The van der Waals surface area contributed by atoms with Gasteiger partial charge in [-0.1, -0.05) is 0 Å². The molecule has 5 heteroatoms. The van der Waals surface area contributed by atoms with Crippen molar-refractivity contribution < 1.29 is 24.8 Å². The monoisotopic (exact) mass is 162 g/mol. The average Bonchev–Trinajstić information content (AvgIpc) is 2.44. The lowest BCUT2D eigenvalue weighted by molar-refractivity contribution is -0.228. The number of fused-ring (bicyclic) bond motifs is 2. The van der Waals surface area contributed by atoms with Crippen LogP contribution in [0.25, 0.3) is 0 Å². The van der Waals surface area contributed by atoms with Crippen molar-refractivity contribution in [2.75, 3.05) is 6.61 Å². The van der Waals surface area contributed by atoms with E-state index in [0.717, 1.165) is 0 Å². The summed E-state index contributed by atoms with van der Waals surface area (Å²) in [4.78, 5) is 0. The predicted octanol–water partition coefficient (Wildman–Crippen LogP) is -2.18. The van der Waals surface area contributed by atoms with E-state index >= 15 is 0 Å². The van der Waals surface area contributed by atoms with Gasteiger partial charge in [-0.15, -0.1) is 0 Å². The van der Waals surface area contributed by atoms with Crippen LogP contribution in [0.5, 0.6) is 0 Å². The van der Waals surface area contributed by atoms with Crippen LogP contribution in [0, 0.1) is 0 Å². The van der Waals surface area contributed by atoms with Crippen molar-refractivity contribution in [1.29, 1.82) is 0 Å². The molecule has 5 atom stereocenters. The van der Waals surface area contributed by atoms with Gasteiger partial charge in [0.2, 0.25) is 0 Å². The summed E-state index contributed by atoms with van der Waals surface area (Å²) in [5.74, 6) is 0. The molecule has 0 aromatic heterocycles. The molecule has 0 saturated carbocycles. The van der Waals surface area contributed by atoms with Gasteiger partial charge in [0.1, 0.15) is 24.4 Å². The van der Waals surface area contributed by atoms with Crippen molar-refractivity contribution in [1.82, 2.24) is 0 Å².